The molecular formula is C14H26Cl2N4OS. The third-order valence-electron chi connectivity index (χ3n) is 3.59. The van der Waals surface area contributed by atoms with E-state index in [1.54, 1.807) is 5.38 Å². The van der Waals surface area contributed by atoms with E-state index in [9.17, 15) is 4.79 Å². The Hall–Kier alpha value is -0.400. The number of rotatable bonds is 6. The Morgan fingerprint density at radius 2 is 1.95 bits per heavy atom. The second kappa shape index (κ2) is 12.1. The van der Waals surface area contributed by atoms with Gasteiger partial charge in [0.15, 0.2) is 0 Å². The first-order valence-corrected chi connectivity index (χ1v) is 8.32. The molecular weight excluding hydrogens is 343 g/mol. The molecule has 2 heterocycles. The topological polar surface area (TPSA) is 71.2 Å². The Morgan fingerprint density at radius 1 is 1.27 bits per heavy atom. The maximum atomic E-state index is 11.9. The van der Waals surface area contributed by atoms with Gasteiger partial charge in [-0.1, -0.05) is 12.8 Å². The summed E-state index contributed by atoms with van der Waals surface area (Å²) in [7, 11) is 0. The van der Waals surface area contributed by atoms with Gasteiger partial charge in [-0.05, 0) is 38.9 Å². The highest BCUT2D eigenvalue weighted by Crippen LogP contribution is 2.10. The van der Waals surface area contributed by atoms with Gasteiger partial charge in [0, 0.05) is 18.5 Å². The summed E-state index contributed by atoms with van der Waals surface area (Å²) in [4.78, 5) is 18.5. The van der Waals surface area contributed by atoms with Crippen LogP contribution in [0.2, 0.25) is 0 Å². The molecule has 1 aliphatic heterocycles. The summed E-state index contributed by atoms with van der Waals surface area (Å²) >= 11 is 1.44. The van der Waals surface area contributed by atoms with Gasteiger partial charge < -0.3 is 16.0 Å². The maximum Gasteiger partial charge on any atom is 0.270 e. The van der Waals surface area contributed by atoms with Gasteiger partial charge in [0.25, 0.3) is 5.91 Å². The minimum absolute atomic E-state index is 0. The average Bonchev–Trinajstić information content (AvgIpc) is 2.80. The smallest absolute Gasteiger partial charge is 0.270 e. The highest BCUT2D eigenvalue weighted by atomic mass is 35.5. The van der Waals surface area contributed by atoms with E-state index in [1.165, 1.54) is 50.1 Å². The number of nitrogens with two attached hydrogens (primary N) is 1. The molecule has 0 aliphatic carbocycles. The maximum absolute atomic E-state index is 11.9. The summed E-state index contributed by atoms with van der Waals surface area (Å²) in [6.45, 7) is 4.60. The number of carbonyl (C=O) groups is 1. The lowest BCUT2D eigenvalue weighted by Crippen LogP contribution is -2.30. The minimum Gasteiger partial charge on any atom is -0.351 e. The van der Waals surface area contributed by atoms with Crippen molar-refractivity contribution in [2.24, 2.45) is 5.73 Å². The molecule has 8 heteroatoms. The number of hydrogen-bond donors (Lipinski definition) is 2. The molecule has 5 nitrogen and oxygen atoms in total. The monoisotopic (exact) mass is 368 g/mol. The van der Waals surface area contributed by atoms with E-state index in [1.807, 2.05) is 0 Å². The molecule has 2 rings (SSSR count). The minimum atomic E-state index is -0.0863. The van der Waals surface area contributed by atoms with Crippen LogP contribution in [-0.2, 0) is 6.54 Å². The zero-order chi connectivity index (χ0) is 14.2. The van der Waals surface area contributed by atoms with E-state index >= 15 is 0 Å². The van der Waals surface area contributed by atoms with Crippen molar-refractivity contribution in [2.45, 2.75) is 38.6 Å². The first-order valence-electron chi connectivity index (χ1n) is 7.44. The number of hydrogen-bond acceptors (Lipinski definition) is 5. The highest BCUT2D eigenvalue weighted by Gasteiger charge is 2.11. The molecule has 0 radical (unpaired) electrons. The summed E-state index contributed by atoms with van der Waals surface area (Å²) in [5.74, 6) is -0.0863. The normalized spacial score (nSPS) is 15.3. The van der Waals surface area contributed by atoms with Crippen LogP contribution in [0.5, 0.6) is 0 Å². The van der Waals surface area contributed by atoms with Crippen LogP contribution in [0, 0.1) is 0 Å². The van der Waals surface area contributed by atoms with Crippen LogP contribution in [0.3, 0.4) is 0 Å². The molecule has 1 saturated heterocycles. The van der Waals surface area contributed by atoms with E-state index in [4.69, 9.17) is 5.73 Å². The predicted octanol–water partition coefficient (Wildman–Crippen LogP) is 2.44. The average molecular weight is 369 g/mol. The molecule has 128 valence electrons. The number of likely N-dealkylation sites (tertiary alicyclic amines) is 1. The fraction of sp³-hybridized carbons (Fsp3) is 0.714. The van der Waals surface area contributed by atoms with Crippen LogP contribution < -0.4 is 11.1 Å². The van der Waals surface area contributed by atoms with Gasteiger partial charge in [0.1, 0.15) is 10.7 Å². The predicted molar refractivity (Wildman–Crippen MR) is 96.4 cm³/mol. The number of amides is 1. The number of nitrogens with zero attached hydrogens (tertiary/aromatic N) is 2. The van der Waals surface area contributed by atoms with E-state index < -0.39 is 0 Å². The lowest BCUT2D eigenvalue weighted by molar-refractivity contribution is 0.0947. The van der Waals surface area contributed by atoms with Crippen molar-refractivity contribution in [1.29, 1.82) is 0 Å². The zero-order valence-electron chi connectivity index (χ0n) is 12.8. The zero-order valence-corrected chi connectivity index (χ0v) is 15.2. The van der Waals surface area contributed by atoms with Gasteiger partial charge in [0.05, 0.1) is 0 Å². The Bertz CT molecular complexity index is 423. The second-order valence-electron chi connectivity index (χ2n) is 5.20. The second-order valence-corrected chi connectivity index (χ2v) is 6.14. The standard InChI is InChI=1S/C14H24N4OS.2ClH/c15-10-13-17-12(11-20-13)14(19)16-6-5-9-18-7-3-1-2-4-8-18;;/h11H,1-10,15H2,(H,16,19);2*1H. The highest BCUT2D eigenvalue weighted by molar-refractivity contribution is 7.09. The fourth-order valence-electron chi connectivity index (χ4n) is 2.46. The summed E-state index contributed by atoms with van der Waals surface area (Å²) in [6.07, 6.45) is 6.35. The molecule has 1 aromatic heterocycles. The van der Waals surface area contributed by atoms with Gasteiger partial charge >= 0.3 is 0 Å². The lowest BCUT2D eigenvalue weighted by atomic mass is 10.2. The first kappa shape index (κ1) is 21.6. The Labute approximate surface area is 148 Å². The van der Waals surface area contributed by atoms with Crippen molar-refractivity contribution >= 4 is 42.1 Å². The van der Waals surface area contributed by atoms with Gasteiger partial charge in [-0.15, -0.1) is 36.2 Å². The van der Waals surface area contributed by atoms with Crippen LogP contribution in [-0.4, -0.2) is 42.0 Å². The van der Waals surface area contributed by atoms with Crippen molar-refractivity contribution in [3.63, 3.8) is 0 Å². The third-order valence-corrected chi connectivity index (χ3v) is 4.47. The Morgan fingerprint density at radius 3 is 2.55 bits per heavy atom. The molecule has 0 spiro atoms. The van der Waals surface area contributed by atoms with Crippen molar-refractivity contribution in [3.8, 4) is 0 Å². The molecule has 0 unspecified atom stereocenters. The number of halogens is 2. The van der Waals surface area contributed by atoms with Crippen molar-refractivity contribution < 1.29 is 4.79 Å². The molecule has 1 amide bonds. The van der Waals surface area contributed by atoms with E-state index in [0.29, 0.717) is 18.8 Å². The van der Waals surface area contributed by atoms with E-state index in [0.717, 1.165) is 18.0 Å². The van der Waals surface area contributed by atoms with Gasteiger partial charge in [-0.2, -0.15) is 0 Å². The fourth-order valence-corrected chi connectivity index (χ4v) is 3.12. The number of nitrogens with one attached hydrogen (secondary N) is 1. The number of carbonyl (C=O) groups excluding carboxylic acids is 1. The Kier molecular flexibility index (Phi) is 11.9. The van der Waals surface area contributed by atoms with E-state index in [2.05, 4.69) is 15.2 Å². The SMILES string of the molecule is Cl.Cl.NCc1nc(C(=O)NCCCN2CCCCCC2)cs1. The molecule has 22 heavy (non-hydrogen) atoms. The molecule has 0 atom stereocenters. The van der Waals surface area contributed by atoms with Crippen molar-refractivity contribution in [2.75, 3.05) is 26.2 Å². The summed E-state index contributed by atoms with van der Waals surface area (Å²) in [6, 6.07) is 0. The summed E-state index contributed by atoms with van der Waals surface area (Å²) in [5, 5.41) is 5.50. The van der Waals surface area contributed by atoms with Gasteiger partial charge in [-0.3, -0.25) is 4.79 Å². The lowest BCUT2D eigenvalue weighted by Gasteiger charge is -2.19. The third kappa shape index (κ3) is 7.24. The van der Waals surface area contributed by atoms with Gasteiger partial charge in [0.2, 0.25) is 0 Å². The molecule has 0 bridgehead atoms. The molecule has 0 aromatic carbocycles. The molecule has 0 saturated carbocycles. The quantitative estimate of drug-likeness (QED) is 0.756. The van der Waals surface area contributed by atoms with Crippen LogP contribution in [0.25, 0.3) is 0 Å². The molecule has 3 N–H and O–H groups in total. The first-order chi connectivity index (χ1) is 9.79. The van der Waals surface area contributed by atoms with Crippen LogP contribution in [0.1, 0.15) is 47.6 Å². The largest absolute Gasteiger partial charge is 0.351 e. The summed E-state index contributed by atoms with van der Waals surface area (Å²) < 4.78 is 0. The molecule has 1 aliphatic rings. The van der Waals surface area contributed by atoms with Crippen molar-refractivity contribution in [3.05, 3.63) is 16.1 Å². The summed E-state index contributed by atoms with van der Waals surface area (Å²) in [5.41, 5.74) is 5.98. The molecule has 1 fully saturated rings. The van der Waals surface area contributed by atoms with Crippen LogP contribution >= 0.6 is 36.2 Å². The van der Waals surface area contributed by atoms with Crippen LogP contribution in [0.4, 0.5) is 0 Å². The molecule has 1 aromatic rings. The van der Waals surface area contributed by atoms with E-state index in [-0.39, 0.29) is 30.7 Å². The Balaban J connectivity index is 0.00000220. The number of aromatic nitrogens is 1. The van der Waals surface area contributed by atoms with Crippen molar-refractivity contribution in [1.82, 2.24) is 15.2 Å². The van der Waals surface area contributed by atoms with Gasteiger partial charge in [-0.25, -0.2) is 4.98 Å². The number of thiazole rings is 1. The van der Waals surface area contributed by atoms with Crippen LogP contribution in [0.15, 0.2) is 5.38 Å².